The van der Waals surface area contributed by atoms with E-state index in [2.05, 4.69) is 17.6 Å². The summed E-state index contributed by atoms with van der Waals surface area (Å²) in [6, 6.07) is 14.4. The number of urea groups is 1. The minimum atomic E-state index is -0.292. The van der Waals surface area contributed by atoms with E-state index in [-0.39, 0.29) is 11.8 Å². The average molecular weight is 340 g/mol. The molecule has 0 saturated heterocycles. The first-order valence-corrected chi connectivity index (χ1v) is 8.40. The van der Waals surface area contributed by atoms with Crippen LogP contribution in [0.15, 0.2) is 48.5 Å². The van der Waals surface area contributed by atoms with E-state index in [1.807, 2.05) is 24.3 Å². The molecular weight excluding hydrogens is 316 g/mol. The number of hydrogen-bond acceptors (Lipinski definition) is 3. The topological polar surface area (TPSA) is 67.4 Å². The van der Waals surface area contributed by atoms with E-state index in [1.54, 1.807) is 24.3 Å². The maximum Gasteiger partial charge on any atom is 0.319 e. The number of ketones is 1. The maximum atomic E-state index is 12.1. The van der Waals surface area contributed by atoms with E-state index < -0.39 is 0 Å². The number of carbonyl (C=O) groups excluding carboxylic acids is 2. The maximum absolute atomic E-state index is 12.1. The molecule has 0 heterocycles. The number of anilines is 1. The molecule has 2 aromatic carbocycles. The molecule has 0 saturated carbocycles. The molecule has 0 aliphatic heterocycles. The first kappa shape index (κ1) is 18.7. The Kier molecular flexibility index (Phi) is 7.16. The SMILES string of the molecule is CCCOCc1ccccc1CNC(=O)Nc1ccc(C(C)=O)cc1. The summed E-state index contributed by atoms with van der Waals surface area (Å²) in [4.78, 5) is 23.3. The fourth-order valence-corrected chi connectivity index (χ4v) is 2.34. The van der Waals surface area contributed by atoms with Gasteiger partial charge in [-0.3, -0.25) is 4.79 Å². The molecule has 2 rings (SSSR count). The average Bonchev–Trinajstić information content (AvgIpc) is 2.61. The second-order valence-corrected chi connectivity index (χ2v) is 5.76. The number of amides is 2. The van der Waals surface area contributed by atoms with Crippen molar-refractivity contribution in [3.05, 3.63) is 65.2 Å². The Balaban J connectivity index is 1.88. The predicted molar refractivity (Wildman–Crippen MR) is 98.7 cm³/mol. The van der Waals surface area contributed by atoms with Gasteiger partial charge in [0.15, 0.2) is 5.78 Å². The number of nitrogens with one attached hydrogen (secondary N) is 2. The van der Waals surface area contributed by atoms with Crippen LogP contribution in [0.3, 0.4) is 0 Å². The van der Waals surface area contributed by atoms with Gasteiger partial charge >= 0.3 is 6.03 Å². The molecule has 5 heteroatoms. The molecule has 2 aromatic rings. The quantitative estimate of drug-likeness (QED) is 0.561. The summed E-state index contributed by atoms with van der Waals surface area (Å²) in [6.07, 6.45) is 0.977. The minimum absolute atomic E-state index is 0.00194. The lowest BCUT2D eigenvalue weighted by molar-refractivity contribution is 0.101. The van der Waals surface area contributed by atoms with Crippen molar-refractivity contribution in [1.82, 2.24) is 5.32 Å². The van der Waals surface area contributed by atoms with Gasteiger partial charge in [-0.2, -0.15) is 0 Å². The van der Waals surface area contributed by atoms with E-state index >= 15 is 0 Å². The lowest BCUT2D eigenvalue weighted by Gasteiger charge is -2.12. The van der Waals surface area contributed by atoms with Crippen LogP contribution in [0.25, 0.3) is 0 Å². The van der Waals surface area contributed by atoms with Gasteiger partial charge in [-0.15, -0.1) is 0 Å². The molecule has 2 amide bonds. The third kappa shape index (κ3) is 6.04. The van der Waals surface area contributed by atoms with Gasteiger partial charge in [0.05, 0.1) is 6.61 Å². The Morgan fingerprint density at radius 3 is 2.32 bits per heavy atom. The Bertz CT molecular complexity index is 711. The highest BCUT2D eigenvalue weighted by atomic mass is 16.5. The molecule has 0 bridgehead atoms. The summed E-state index contributed by atoms with van der Waals surface area (Å²) in [5.41, 5.74) is 3.36. The zero-order valence-electron chi connectivity index (χ0n) is 14.7. The molecular formula is C20H24N2O3. The number of benzene rings is 2. The molecule has 132 valence electrons. The van der Waals surface area contributed by atoms with Crippen LogP contribution >= 0.6 is 0 Å². The molecule has 0 aromatic heterocycles. The van der Waals surface area contributed by atoms with Crippen LogP contribution in [0.5, 0.6) is 0 Å². The largest absolute Gasteiger partial charge is 0.377 e. The minimum Gasteiger partial charge on any atom is -0.377 e. The van der Waals surface area contributed by atoms with Crippen molar-refractivity contribution in [2.45, 2.75) is 33.4 Å². The predicted octanol–water partition coefficient (Wildman–Crippen LogP) is 4.14. The molecule has 0 aliphatic carbocycles. The lowest BCUT2D eigenvalue weighted by Crippen LogP contribution is -2.28. The summed E-state index contributed by atoms with van der Waals surface area (Å²) >= 11 is 0. The van der Waals surface area contributed by atoms with E-state index in [0.29, 0.717) is 24.4 Å². The summed E-state index contributed by atoms with van der Waals surface area (Å²) in [7, 11) is 0. The van der Waals surface area contributed by atoms with Gasteiger partial charge in [0.1, 0.15) is 0 Å². The van der Waals surface area contributed by atoms with Gasteiger partial charge in [0.2, 0.25) is 0 Å². The standard InChI is InChI=1S/C20H24N2O3/c1-3-12-25-14-18-7-5-4-6-17(18)13-21-20(24)22-19-10-8-16(9-11-19)15(2)23/h4-11H,3,12-14H2,1-2H3,(H2,21,22,24). The Morgan fingerprint density at radius 1 is 1.00 bits per heavy atom. The van der Waals surface area contributed by atoms with Gasteiger partial charge in [-0.25, -0.2) is 4.79 Å². The van der Waals surface area contributed by atoms with Crippen molar-refractivity contribution >= 4 is 17.5 Å². The molecule has 0 aliphatic rings. The molecule has 25 heavy (non-hydrogen) atoms. The number of rotatable bonds is 8. The molecule has 0 radical (unpaired) electrons. The monoisotopic (exact) mass is 340 g/mol. The number of Topliss-reactive ketones (excluding diaryl/α,β-unsaturated/α-hetero) is 1. The zero-order chi connectivity index (χ0) is 18.1. The van der Waals surface area contributed by atoms with Crippen LogP contribution < -0.4 is 10.6 Å². The van der Waals surface area contributed by atoms with Crippen molar-refractivity contribution < 1.29 is 14.3 Å². The van der Waals surface area contributed by atoms with Crippen LogP contribution in [0.2, 0.25) is 0 Å². The number of ether oxygens (including phenoxy) is 1. The zero-order valence-corrected chi connectivity index (χ0v) is 14.7. The number of carbonyl (C=O) groups is 2. The van der Waals surface area contributed by atoms with Crippen LogP contribution in [-0.4, -0.2) is 18.4 Å². The summed E-state index contributed by atoms with van der Waals surface area (Å²) in [5.74, 6) is -0.00194. The van der Waals surface area contributed by atoms with Gasteiger partial charge < -0.3 is 15.4 Å². The summed E-state index contributed by atoms with van der Waals surface area (Å²) in [6.45, 7) is 5.26. The summed E-state index contributed by atoms with van der Waals surface area (Å²) in [5, 5.41) is 5.60. The first-order chi connectivity index (χ1) is 12.1. The first-order valence-electron chi connectivity index (χ1n) is 8.40. The highest BCUT2D eigenvalue weighted by Crippen LogP contribution is 2.12. The Hall–Kier alpha value is -2.66. The Labute approximate surface area is 148 Å². The third-order valence-electron chi connectivity index (χ3n) is 3.71. The van der Waals surface area contributed by atoms with Crippen molar-refractivity contribution in [1.29, 1.82) is 0 Å². The Morgan fingerprint density at radius 2 is 1.68 bits per heavy atom. The van der Waals surface area contributed by atoms with E-state index in [9.17, 15) is 9.59 Å². The van der Waals surface area contributed by atoms with Gasteiger partial charge in [0, 0.05) is 24.4 Å². The molecule has 2 N–H and O–H groups in total. The van der Waals surface area contributed by atoms with Crippen molar-refractivity contribution in [3.8, 4) is 0 Å². The van der Waals surface area contributed by atoms with E-state index in [0.717, 1.165) is 24.2 Å². The smallest absolute Gasteiger partial charge is 0.319 e. The van der Waals surface area contributed by atoms with Crippen molar-refractivity contribution in [2.75, 3.05) is 11.9 Å². The highest BCUT2D eigenvalue weighted by molar-refractivity contribution is 5.95. The molecule has 0 atom stereocenters. The van der Waals surface area contributed by atoms with Crippen LogP contribution in [-0.2, 0) is 17.9 Å². The number of hydrogen-bond donors (Lipinski definition) is 2. The molecule has 0 spiro atoms. The molecule has 0 fully saturated rings. The molecule has 5 nitrogen and oxygen atoms in total. The van der Waals surface area contributed by atoms with Gasteiger partial charge in [-0.1, -0.05) is 31.2 Å². The van der Waals surface area contributed by atoms with Crippen LogP contribution in [0, 0.1) is 0 Å². The molecule has 0 unspecified atom stereocenters. The fraction of sp³-hybridized carbons (Fsp3) is 0.300. The van der Waals surface area contributed by atoms with E-state index in [4.69, 9.17) is 4.74 Å². The lowest BCUT2D eigenvalue weighted by atomic mass is 10.1. The van der Waals surface area contributed by atoms with Crippen molar-refractivity contribution in [2.24, 2.45) is 0 Å². The second kappa shape index (κ2) is 9.59. The highest BCUT2D eigenvalue weighted by Gasteiger charge is 2.06. The van der Waals surface area contributed by atoms with Crippen LogP contribution in [0.1, 0.15) is 41.8 Å². The van der Waals surface area contributed by atoms with Crippen molar-refractivity contribution in [3.63, 3.8) is 0 Å². The van der Waals surface area contributed by atoms with Gasteiger partial charge in [-0.05, 0) is 48.7 Å². The van der Waals surface area contributed by atoms with Crippen LogP contribution in [0.4, 0.5) is 10.5 Å². The van der Waals surface area contributed by atoms with E-state index in [1.165, 1.54) is 6.92 Å². The second-order valence-electron chi connectivity index (χ2n) is 5.76. The normalized spacial score (nSPS) is 10.3. The van der Waals surface area contributed by atoms with Gasteiger partial charge in [0.25, 0.3) is 0 Å². The fourth-order valence-electron chi connectivity index (χ4n) is 2.34. The summed E-state index contributed by atoms with van der Waals surface area (Å²) < 4.78 is 5.59. The third-order valence-corrected chi connectivity index (χ3v) is 3.71.